The van der Waals surface area contributed by atoms with Crippen molar-refractivity contribution >= 4 is 23.7 Å². The third-order valence-corrected chi connectivity index (χ3v) is 5.20. The molecule has 1 aliphatic heterocycles. The van der Waals surface area contributed by atoms with Gasteiger partial charge in [-0.2, -0.15) is 0 Å². The molecule has 7 nitrogen and oxygen atoms in total. The molecule has 1 fully saturated rings. The number of hydrogen-bond donors (Lipinski definition) is 1. The highest BCUT2D eigenvalue weighted by atomic mass is 19.1. The predicted molar refractivity (Wildman–Crippen MR) is 100 cm³/mol. The number of benzene rings is 1. The molecule has 0 radical (unpaired) electrons. The molecule has 8 heteroatoms. The van der Waals surface area contributed by atoms with E-state index in [1.807, 2.05) is 12.2 Å². The second-order valence-electron chi connectivity index (χ2n) is 7.21. The first-order valence-corrected chi connectivity index (χ1v) is 9.58. The number of ether oxygens (including phenoxy) is 1. The Balaban J connectivity index is 1.43. The summed E-state index contributed by atoms with van der Waals surface area (Å²) in [5.41, 5.74) is 0.709. The maximum absolute atomic E-state index is 12.9. The Morgan fingerprint density at radius 2 is 1.72 bits per heavy atom. The fraction of sp³-hybridized carbons (Fsp3) is 0.429. The number of nitrogens with zero attached hydrogens (tertiary/aromatic N) is 1. The van der Waals surface area contributed by atoms with E-state index in [1.165, 1.54) is 19.1 Å². The lowest BCUT2D eigenvalue weighted by Gasteiger charge is -2.16. The fourth-order valence-corrected chi connectivity index (χ4v) is 3.54. The molecule has 0 unspecified atom stereocenters. The van der Waals surface area contributed by atoms with E-state index < -0.39 is 18.0 Å². The number of carbonyl (C=O) groups excluding carboxylic acids is 4. The number of esters is 1. The summed E-state index contributed by atoms with van der Waals surface area (Å²) in [5.74, 6) is -2.69. The van der Waals surface area contributed by atoms with Gasteiger partial charge in [-0.15, -0.1) is 0 Å². The van der Waals surface area contributed by atoms with Gasteiger partial charge in [0.2, 0.25) is 11.8 Å². The van der Waals surface area contributed by atoms with Gasteiger partial charge in [0.15, 0.2) is 6.10 Å². The van der Waals surface area contributed by atoms with Crippen molar-refractivity contribution in [3.63, 3.8) is 0 Å². The van der Waals surface area contributed by atoms with Gasteiger partial charge in [0.05, 0.1) is 18.3 Å². The summed E-state index contributed by atoms with van der Waals surface area (Å²) in [6.07, 6.45) is 3.69. The second-order valence-corrected chi connectivity index (χ2v) is 7.21. The highest BCUT2D eigenvalue weighted by molar-refractivity contribution is 6.05. The van der Waals surface area contributed by atoms with Crippen LogP contribution in [0.5, 0.6) is 0 Å². The third kappa shape index (κ3) is 4.88. The molecule has 29 heavy (non-hydrogen) atoms. The van der Waals surface area contributed by atoms with Crippen LogP contribution in [0.1, 0.15) is 31.7 Å². The molecule has 1 aromatic rings. The van der Waals surface area contributed by atoms with E-state index in [1.54, 1.807) is 12.1 Å². The average Bonchev–Trinajstić information content (AvgIpc) is 2.96. The number of carbonyl (C=O) groups is 4. The van der Waals surface area contributed by atoms with Gasteiger partial charge >= 0.3 is 5.97 Å². The fourth-order valence-electron chi connectivity index (χ4n) is 3.54. The van der Waals surface area contributed by atoms with E-state index in [0.717, 1.165) is 4.90 Å². The minimum absolute atomic E-state index is 0.0482. The molecule has 1 N–H and O–H groups in total. The topological polar surface area (TPSA) is 92.8 Å². The summed E-state index contributed by atoms with van der Waals surface area (Å²) in [4.78, 5) is 50.0. The maximum atomic E-state index is 12.9. The molecule has 1 saturated heterocycles. The number of imide groups is 1. The Labute approximate surface area is 167 Å². The molecule has 1 heterocycles. The predicted octanol–water partition coefficient (Wildman–Crippen LogP) is 1.71. The number of allylic oxidation sites excluding steroid dienone is 2. The minimum Gasteiger partial charge on any atom is -0.452 e. The summed E-state index contributed by atoms with van der Waals surface area (Å²) < 4.78 is 18.0. The molecular formula is C21H23FN2O5. The normalized spacial score (nSPS) is 21.7. The van der Waals surface area contributed by atoms with Crippen molar-refractivity contribution in [2.24, 2.45) is 11.8 Å². The Hall–Kier alpha value is -3.03. The van der Waals surface area contributed by atoms with Gasteiger partial charge in [-0.1, -0.05) is 24.3 Å². The van der Waals surface area contributed by atoms with Crippen LogP contribution in [-0.4, -0.2) is 41.2 Å². The molecule has 0 saturated carbocycles. The van der Waals surface area contributed by atoms with E-state index in [9.17, 15) is 23.6 Å². The van der Waals surface area contributed by atoms with Crippen molar-refractivity contribution in [1.82, 2.24) is 10.2 Å². The third-order valence-electron chi connectivity index (χ3n) is 5.20. The number of nitrogens with one attached hydrogen (secondary N) is 1. The number of likely N-dealkylation sites (tertiary alicyclic amines) is 1. The summed E-state index contributed by atoms with van der Waals surface area (Å²) >= 11 is 0. The Morgan fingerprint density at radius 3 is 2.31 bits per heavy atom. The zero-order valence-corrected chi connectivity index (χ0v) is 16.1. The van der Waals surface area contributed by atoms with Crippen molar-refractivity contribution in [3.05, 3.63) is 47.8 Å². The summed E-state index contributed by atoms with van der Waals surface area (Å²) in [5, 5.41) is 2.60. The monoisotopic (exact) mass is 402 g/mol. The van der Waals surface area contributed by atoms with Crippen LogP contribution >= 0.6 is 0 Å². The molecule has 2 aliphatic rings. The van der Waals surface area contributed by atoms with Crippen LogP contribution < -0.4 is 5.32 Å². The first kappa shape index (κ1) is 20.7. The van der Waals surface area contributed by atoms with Crippen molar-refractivity contribution in [3.8, 4) is 0 Å². The Kier molecular flexibility index (Phi) is 6.41. The van der Waals surface area contributed by atoms with Crippen LogP contribution in [0.25, 0.3) is 0 Å². The number of rotatable bonds is 7. The van der Waals surface area contributed by atoms with Gasteiger partial charge in [-0.05, 0) is 37.5 Å². The lowest BCUT2D eigenvalue weighted by atomic mass is 9.85. The van der Waals surface area contributed by atoms with E-state index in [4.69, 9.17) is 4.74 Å². The van der Waals surface area contributed by atoms with Gasteiger partial charge in [0.1, 0.15) is 5.82 Å². The largest absolute Gasteiger partial charge is 0.452 e. The lowest BCUT2D eigenvalue weighted by Crippen LogP contribution is -2.37. The summed E-state index contributed by atoms with van der Waals surface area (Å²) in [6, 6.07) is 5.67. The molecule has 0 aromatic heterocycles. The molecule has 154 valence electrons. The molecule has 1 aromatic carbocycles. The van der Waals surface area contributed by atoms with E-state index in [0.29, 0.717) is 18.4 Å². The van der Waals surface area contributed by atoms with Gasteiger partial charge < -0.3 is 10.1 Å². The van der Waals surface area contributed by atoms with Crippen LogP contribution in [0.3, 0.4) is 0 Å². The van der Waals surface area contributed by atoms with Crippen LogP contribution in [0.2, 0.25) is 0 Å². The van der Waals surface area contributed by atoms with Crippen LogP contribution in [0.15, 0.2) is 36.4 Å². The molecule has 3 atom stereocenters. The van der Waals surface area contributed by atoms with Crippen molar-refractivity contribution in [1.29, 1.82) is 0 Å². The Bertz CT molecular complexity index is 810. The average molecular weight is 402 g/mol. The van der Waals surface area contributed by atoms with Crippen LogP contribution in [0.4, 0.5) is 4.39 Å². The SMILES string of the molecule is C[C@H](OC(=O)CCN1C(=O)[C@H]2CC=CC[C@@H]2C1=O)C(=O)NCc1ccc(F)cc1. The summed E-state index contributed by atoms with van der Waals surface area (Å²) in [6.45, 7) is 1.56. The second kappa shape index (κ2) is 8.98. The molecule has 1 aliphatic carbocycles. The molecule has 3 amide bonds. The zero-order chi connectivity index (χ0) is 21.0. The standard InChI is InChI=1S/C21H23FN2O5/c1-13(19(26)23-12-14-6-8-15(22)9-7-14)29-18(25)10-11-24-20(27)16-4-2-3-5-17(16)21(24)28/h2-3,6-9,13,16-17H,4-5,10-12H2,1H3,(H,23,26)/t13-,16-,17-/m0/s1. The lowest BCUT2D eigenvalue weighted by molar-refractivity contribution is -0.155. The van der Waals surface area contributed by atoms with E-state index >= 15 is 0 Å². The first-order valence-electron chi connectivity index (χ1n) is 9.58. The number of amides is 3. The minimum atomic E-state index is -1.03. The zero-order valence-electron chi connectivity index (χ0n) is 16.1. The molecular weight excluding hydrogens is 379 g/mol. The molecule has 0 spiro atoms. The van der Waals surface area contributed by atoms with Gasteiger partial charge in [-0.25, -0.2) is 4.39 Å². The first-order chi connectivity index (χ1) is 13.9. The number of hydrogen-bond acceptors (Lipinski definition) is 5. The van der Waals surface area contributed by atoms with Crippen LogP contribution in [-0.2, 0) is 30.5 Å². The molecule has 0 bridgehead atoms. The quantitative estimate of drug-likeness (QED) is 0.426. The number of halogens is 1. The van der Waals surface area contributed by atoms with E-state index in [-0.39, 0.29) is 49.0 Å². The smallest absolute Gasteiger partial charge is 0.308 e. The summed E-state index contributed by atoms with van der Waals surface area (Å²) in [7, 11) is 0. The highest BCUT2D eigenvalue weighted by Crippen LogP contribution is 2.35. The Morgan fingerprint density at radius 1 is 1.14 bits per heavy atom. The van der Waals surface area contributed by atoms with Crippen LogP contribution in [0, 0.1) is 17.7 Å². The van der Waals surface area contributed by atoms with Crippen molar-refractivity contribution in [2.75, 3.05) is 6.54 Å². The van der Waals surface area contributed by atoms with Gasteiger partial charge in [-0.3, -0.25) is 24.1 Å². The number of fused-ring (bicyclic) bond motifs is 1. The van der Waals surface area contributed by atoms with E-state index in [2.05, 4.69) is 5.32 Å². The van der Waals surface area contributed by atoms with Gasteiger partial charge in [0, 0.05) is 13.1 Å². The maximum Gasteiger partial charge on any atom is 0.308 e. The van der Waals surface area contributed by atoms with Crippen molar-refractivity contribution in [2.45, 2.75) is 38.8 Å². The van der Waals surface area contributed by atoms with Gasteiger partial charge in [0.25, 0.3) is 5.91 Å². The van der Waals surface area contributed by atoms with Crippen molar-refractivity contribution < 1.29 is 28.3 Å². The molecule has 3 rings (SSSR count). The highest BCUT2D eigenvalue weighted by Gasteiger charge is 2.47.